The van der Waals surface area contributed by atoms with Gasteiger partial charge in [0.25, 0.3) is 0 Å². The zero-order valence-corrected chi connectivity index (χ0v) is 17.4. The van der Waals surface area contributed by atoms with Crippen molar-refractivity contribution in [2.75, 3.05) is 31.5 Å². The van der Waals surface area contributed by atoms with Gasteiger partial charge < -0.3 is 14.8 Å². The molecule has 6 heteroatoms. The maximum absolute atomic E-state index is 4.83. The molecule has 0 spiro atoms. The summed E-state index contributed by atoms with van der Waals surface area (Å²) in [6.45, 7) is 11.1. The van der Waals surface area contributed by atoms with Gasteiger partial charge in [0.2, 0.25) is 5.95 Å². The second-order valence-electron chi connectivity index (χ2n) is 7.35. The minimum Gasteiger partial charge on any atom is -0.352 e. The summed E-state index contributed by atoms with van der Waals surface area (Å²) in [5, 5.41) is 13.3. The van der Waals surface area contributed by atoms with Gasteiger partial charge in [-0.3, -0.25) is 0 Å². The summed E-state index contributed by atoms with van der Waals surface area (Å²) in [6.07, 6.45) is 0. The van der Waals surface area contributed by atoms with Crippen LogP contribution in [0.4, 0.5) is 5.95 Å². The van der Waals surface area contributed by atoms with E-state index in [0.29, 0.717) is 5.95 Å². The Bertz CT molecular complexity index is 1100. The summed E-state index contributed by atoms with van der Waals surface area (Å²) < 4.78 is 2.24. The zero-order chi connectivity index (χ0) is 20.2. The van der Waals surface area contributed by atoms with Crippen LogP contribution in [-0.4, -0.2) is 50.8 Å². The molecule has 2 aromatic carbocycles. The van der Waals surface area contributed by atoms with Gasteiger partial charge >= 0.3 is 0 Å². The fourth-order valence-electron chi connectivity index (χ4n) is 3.68. The molecule has 0 saturated heterocycles. The largest absolute Gasteiger partial charge is 0.352 e. The molecule has 0 saturated carbocycles. The SMILES string of the molecule is CCN(CC)CCNc1nnc2c3ccccc3n(Cc3ccc(C)cc3)c2n1. The highest BCUT2D eigenvalue weighted by molar-refractivity contribution is 6.04. The molecule has 0 unspecified atom stereocenters. The van der Waals surface area contributed by atoms with Gasteiger partial charge in [-0.1, -0.05) is 61.9 Å². The van der Waals surface area contributed by atoms with E-state index in [1.807, 2.05) is 6.07 Å². The fraction of sp³-hybridized carbons (Fsp3) is 0.348. The number of fused-ring (bicyclic) bond motifs is 3. The van der Waals surface area contributed by atoms with Crippen molar-refractivity contribution in [1.29, 1.82) is 0 Å². The van der Waals surface area contributed by atoms with E-state index in [9.17, 15) is 0 Å². The third kappa shape index (κ3) is 4.07. The average molecular weight is 389 g/mol. The first-order valence-corrected chi connectivity index (χ1v) is 10.3. The van der Waals surface area contributed by atoms with Crippen molar-refractivity contribution in [3.8, 4) is 0 Å². The topological polar surface area (TPSA) is 58.9 Å². The normalized spacial score (nSPS) is 11.6. The van der Waals surface area contributed by atoms with Crippen molar-refractivity contribution >= 4 is 28.0 Å². The van der Waals surface area contributed by atoms with Gasteiger partial charge in [0, 0.05) is 25.0 Å². The molecule has 2 heterocycles. The summed E-state index contributed by atoms with van der Waals surface area (Å²) in [4.78, 5) is 7.20. The van der Waals surface area contributed by atoms with Crippen LogP contribution in [0.15, 0.2) is 48.5 Å². The summed E-state index contributed by atoms with van der Waals surface area (Å²) >= 11 is 0. The molecule has 6 nitrogen and oxygen atoms in total. The van der Waals surface area contributed by atoms with Crippen LogP contribution in [0.5, 0.6) is 0 Å². The number of nitrogens with zero attached hydrogens (tertiary/aromatic N) is 5. The molecule has 0 amide bonds. The van der Waals surface area contributed by atoms with Gasteiger partial charge in [0.15, 0.2) is 5.65 Å². The van der Waals surface area contributed by atoms with Crippen LogP contribution >= 0.6 is 0 Å². The molecule has 150 valence electrons. The second kappa shape index (κ2) is 8.57. The lowest BCUT2D eigenvalue weighted by molar-refractivity contribution is 0.316. The monoisotopic (exact) mass is 388 g/mol. The maximum Gasteiger partial charge on any atom is 0.244 e. The Morgan fingerprint density at radius 2 is 1.72 bits per heavy atom. The number of hydrogen-bond acceptors (Lipinski definition) is 5. The number of anilines is 1. The Balaban J connectivity index is 1.68. The number of benzene rings is 2. The number of aromatic nitrogens is 4. The third-order valence-electron chi connectivity index (χ3n) is 5.44. The van der Waals surface area contributed by atoms with E-state index in [-0.39, 0.29) is 0 Å². The highest BCUT2D eigenvalue weighted by Gasteiger charge is 2.15. The molecule has 0 bridgehead atoms. The van der Waals surface area contributed by atoms with Crippen LogP contribution in [0, 0.1) is 6.92 Å². The van der Waals surface area contributed by atoms with Gasteiger partial charge in [-0.2, -0.15) is 4.98 Å². The van der Waals surface area contributed by atoms with Crippen molar-refractivity contribution < 1.29 is 0 Å². The third-order valence-corrected chi connectivity index (χ3v) is 5.44. The Hall–Kier alpha value is -2.99. The van der Waals surface area contributed by atoms with Crippen LogP contribution < -0.4 is 5.32 Å². The highest BCUT2D eigenvalue weighted by Crippen LogP contribution is 2.27. The Morgan fingerprint density at radius 1 is 0.966 bits per heavy atom. The van der Waals surface area contributed by atoms with E-state index in [0.717, 1.165) is 54.8 Å². The van der Waals surface area contributed by atoms with E-state index in [1.54, 1.807) is 0 Å². The fourth-order valence-corrected chi connectivity index (χ4v) is 3.68. The first kappa shape index (κ1) is 19.3. The molecule has 4 aromatic rings. The Kier molecular flexibility index (Phi) is 5.71. The minimum absolute atomic E-state index is 0.581. The van der Waals surface area contributed by atoms with Crippen molar-refractivity contribution in [3.63, 3.8) is 0 Å². The zero-order valence-electron chi connectivity index (χ0n) is 17.4. The number of nitrogens with one attached hydrogen (secondary N) is 1. The summed E-state index contributed by atoms with van der Waals surface area (Å²) in [7, 11) is 0. The molecule has 0 atom stereocenters. The average Bonchev–Trinajstić information content (AvgIpc) is 3.06. The number of hydrogen-bond donors (Lipinski definition) is 1. The summed E-state index contributed by atoms with van der Waals surface area (Å²) in [5.74, 6) is 0.581. The molecule has 1 N–H and O–H groups in total. The molecular weight excluding hydrogens is 360 g/mol. The van der Waals surface area contributed by atoms with E-state index in [1.165, 1.54) is 11.1 Å². The minimum atomic E-state index is 0.581. The van der Waals surface area contributed by atoms with Crippen molar-refractivity contribution in [2.45, 2.75) is 27.3 Å². The number of likely N-dealkylation sites (N-methyl/N-ethyl adjacent to an activating group) is 1. The number of aryl methyl sites for hydroxylation is 1. The molecule has 0 aliphatic carbocycles. The van der Waals surface area contributed by atoms with Gasteiger partial charge in [0.05, 0.1) is 5.52 Å². The van der Waals surface area contributed by atoms with Crippen LogP contribution in [0.25, 0.3) is 22.1 Å². The van der Waals surface area contributed by atoms with E-state index >= 15 is 0 Å². The molecule has 0 fully saturated rings. The molecule has 4 rings (SSSR count). The predicted octanol–water partition coefficient (Wildman–Crippen LogP) is 4.09. The first-order valence-electron chi connectivity index (χ1n) is 10.3. The van der Waals surface area contributed by atoms with Crippen LogP contribution in [0.3, 0.4) is 0 Å². The van der Waals surface area contributed by atoms with Crippen LogP contribution in [0.1, 0.15) is 25.0 Å². The molecule has 29 heavy (non-hydrogen) atoms. The van der Waals surface area contributed by atoms with Gasteiger partial charge in [0.1, 0.15) is 5.52 Å². The van der Waals surface area contributed by atoms with Crippen molar-refractivity contribution in [3.05, 3.63) is 59.7 Å². The second-order valence-corrected chi connectivity index (χ2v) is 7.35. The summed E-state index contributed by atoms with van der Waals surface area (Å²) in [6, 6.07) is 17.0. The van der Waals surface area contributed by atoms with E-state index in [2.05, 4.69) is 88.2 Å². The lowest BCUT2D eigenvalue weighted by atomic mass is 10.1. The standard InChI is InChI=1S/C23H28N6/c1-4-28(5-2)15-14-24-23-25-22-21(26-27-23)19-8-6-7-9-20(19)29(22)16-18-12-10-17(3)11-13-18/h6-13H,4-5,14-16H2,1-3H3,(H,24,25,27). The van der Waals surface area contributed by atoms with Crippen molar-refractivity contribution in [2.24, 2.45) is 0 Å². The highest BCUT2D eigenvalue weighted by atomic mass is 15.3. The molecular formula is C23H28N6. The van der Waals surface area contributed by atoms with Gasteiger partial charge in [-0.05, 0) is 31.6 Å². The Morgan fingerprint density at radius 3 is 2.48 bits per heavy atom. The van der Waals surface area contributed by atoms with Gasteiger partial charge in [-0.25, -0.2) is 0 Å². The van der Waals surface area contributed by atoms with Crippen LogP contribution in [-0.2, 0) is 6.54 Å². The lowest BCUT2D eigenvalue weighted by Gasteiger charge is -2.17. The smallest absolute Gasteiger partial charge is 0.244 e. The molecule has 0 aliphatic heterocycles. The first-order chi connectivity index (χ1) is 14.2. The van der Waals surface area contributed by atoms with Crippen LogP contribution in [0.2, 0.25) is 0 Å². The van der Waals surface area contributed by atoms with Gasteiger partial charge in [-0.15, -0.1) is 10.2 Å². The number of rotatable bonds is 8. The molecule has 0 aliphatic rings. The van der Waals surface area contributed by atoms with Crippen molar-refractivity contribution in [1.82, 2.24) is 24.6 Å². The Labute approximate surface area is 171 Å². The lowest BCUT2D eigenvalue weighted by Crippen LogP contribution is -2.29. The predicted molar refractivity (Wildman–Crippen MR) is 119 cm³/mol. The quantitative estimate of drug-likeness (QED) is 0.493. The molecule has 2 aromatic heterocycles. The summed E-state index contributed by atoms with van der Waals surface area (Å²) in [5.41, 5.74) is 5.35. The molecule has 0 radical (unpaired) electrons. The van der Waals surface area contributed by atoms with E-state index < -0.39 is 0 Å². The number of para-hydroxylation sites is 1. The van der Waals surface area contributed by atoms with E-state index in [4.69, 9.17) is 4.98 Å². The maximum atomic E-state index is 4.83.